The Bertz CT molecular complexity index is 673. The van der Waals surface area contributed by atoms with Crippen LogP contribution in [0.25, 0.3) is 0 Å². The van der Waals surface area contributed by atoms with E-state index in [0.717, 1.165) is 5.56 Å². The Hall–Kier alpha value is -2.28. The molecule has 24 heavy (non-hydrogen) atoms. The smallest absolute Gasteiger partial charge is 0.338 e. The maximum Gasteiger partial charge on any atom is 0.338 e. The van der Waals surface area contributed by atoms with Gasteiger partial charge in [0.1, 0.15) is 0 Å². The third kappa shape index (κ3) is 3.79. The zero-order chi connectivity index (χ0) is 17.7. The summed E-state index contributed by atoms with van der Waals surface area (Å²) in [6.07, 6.45) is 0. The number of ether oxygens (including phenoxy) is 3. The molecule has 0 aromatic heterocycles. The zero-order valence-electron chi connectivity index (χ0n) is 14.3. The van der Waals surface area contributed by atoms with Gasteiger partial charge in [-0.1, -0.05) is 6.07 Å². The minimum absolute atomic E-state index is 0.305. The number of rotatable bonds is 6. The predicted octanol–water partition coefficient (Wildman–Crippen LogP) is 2.45. The van der Waals surface area contributed by atoms with Crippen molar-refractivity contribution >= 4 is 23.3 Å². The first-order valence-corrected chi connectivity index (χ1v) is 8.18. The Morgan fingerprint density at radius 1 is 1.25 bits per heavy atom. The second-order valence-corrected chi connectivity index (χ2v) is 5.54. The summed E-state index contributed by atoms with van der Waals surface area (Å²) in [6.45, 7) is 6.33. The number of methoxy groups -OCH3 is 1. The molecule has 1 atom stereocenters. The minimum atomic E-state index is -0.414. The van der Waals surface area contributed by atoms with Crippen molar-refractivity contribution < 1.29 is 19.0 Å². The number of thiocarbonyl (C=S) groups is 1. The van der Waals surface area contributed by atoms with Gasteiger partial charge in [0.05, 0.1) is 31.9 Å². The molecule has 0 saturated heterocycles. The van der Waals surface area contributed by atoms with Crippen molar-refractivity contribution in [2.24, 2.45) is 0 Å². The van der Waals surface area contributed by atoms with E-state index in [0.29, 0.717) is 41.1 Å². The van der Waals surface area contributed by atoms with Gasteiger partial charge < -0.3 is 24.8 Å². The van der Waals surface area contributed by atoms with Crippen molar-refractivity contribution in [1.29, 1.82) is 0 Å². The van der Waals surface area contributed by atoms with Crippen LogP contribution in [0, 0.1) is 0 Å². The largest absolute Gasteiger partial charge is 0.493 e. The van der Waals surface area contributed by atoms with Crippen LogP contribution >= 0.6 is 12.2 Å². The normalized spacial score (nSPS) is 17.0. The van der Waals surface area contributed by atoms with E-state index in [4.69, 9.17) is 26.4 Å². The van der Waals surface area contributed by atoms with Gasteiger partial charge in [-0.3, -0.25) is 0 Å². The van der Waals surface area contributed by atoms with Crippen LogP contribution < -0.4 is 20.1 Å². The average molecular weight is 350 g/mol. The summed E-state index contributed by atoms with van der Waals surface area (Å²) in [5.74, 6) is 0.871. The highest BCUT2D eigenvalue weighted by Crippen LogP contribution is 2.34. The molecule has 0 radical (unpaired) electrons. The number of hydrogen-bond acceptors (Lipinski definition) is 5. The Balaban J connectivity index is 2.45. The number of carbonyl (C=O) groups is 1. The standard InChI is InChI=1S/C17H22N2O4S/c1-5-22-12-8-7-11(9-13(12)21-4)15-14(16(20)23-6-2)10(3)18-17(24)19-15/h7-9,15H,5-6H2,1-4H3,(H2,18,19,24). The fraction of sp³-hybridized carbons (Fsp3) is 0.412. The van der Waals surface area contributed by atoms with E-state index in [1.807, 2.05) is 25.1 Å². The summed E-state index contributed by atoms with van der Waals surface area (Å²) in [5, 5.41) is 6.55. The first-order chi connectivity index (χ1) is 11.5. The fourth-order valence-electron chi connectivity index (χ4n) is 2.56. The molecule has 1 heterocycles. The fourth-order valence-corrected chi connectivity index (χ4v) is 2.83. The Morgan fingerprint density at radius 2 is 2.00 bits per heavy atom. The molecule has 1 unspecified atom stereocenters. The van der Waals surface area contributed by atoms with E-state index in [9.17, 15) is 4.79 Å². The van der Waals surface area contributed by atoms with Crippen LogP contribution in [0.15, 0.2) is 29.5 Å². The second-order valence-electron chi connectivity index (χ2n) is 5.13. The van der Waals surface area contributed by atoms with Crippen LogP contribution in [-0.4, -0.2) is 31.4 Å². The van der Waals surface area contributed by atoms with Crippen LogP contribution in [0.3, 0.4) is 0 Å². The molecule has 0 spiro atoms. The van der Waals surface area contributed by atoms with Gasteiger partial charge in [0.25, 0.3) is 0 Å². The summed E-state index contributed by atoms with van der Waals surface area (Å²) in [4.78, 5) is 12.4. The van der Waals surface area contributed by atoms with Gasteiger partial charge in [-0.2, -0.15) is 0 Å². The molecule has 7 heteroatoms. The van der Waals surface area contributed by atoms with Crippen molar-refractivity contribution in [2.45, 2.75) is 26.8 Å². The van der Waals surface area contributed by atoms with Crippen LogP contribution in [0.1, 0.15) is 32.4 Å². The summed E-state index contributed by atoms with van der Waals surface area (Å²) in [6, 6.07) is 5.12. The molecule has 0 fully saturated rings. The van der Waals surface area contributed by atoms with Crippen LogP contribution in [-0.2, 0) is 9.53 Å². The third-order valence-corrected chi connectivity index (χ3v) is 3.81. The molecule has 1 aromatic rings. The molecule has 6 nitrogen and oxygen atoms in total. The first-order valence-electron chi connectivity index (χ1n) is 7.77. The van der Waals surface area contributed by atoms with Gasteiger partial charge >= 0.3 is 5.97 Å². The molecular formula is C17H22N2O4S. The van der Waals surface area contributed by atoms with Gasteiger partial charge in [0.2, 0.25) is 0 Å². The Labute approximate surface area is 147 Å². The maximum atomic E-state index is 12.4. The lowest BCUT2D eigenvalue weighted by Gasteiger charge is -2.30. The molecule has 130 valence electrons. The number of esters is 1. The molecule has 2 N–H and O–H groups in total. The van der Waals surface area contributed by atoms with Crippen molar-refractivity contribution in [3.63, 3.8) is 0 Å². The van der Waals surface area contributed by atoms with Crippen molar-refractivity contribution in [2.75, 3.05) is 20.3 Å². The molecule has 1 aromatic carbocycles. The lowest BCUT2D eigenvalue weighted by Crippen LogP contribution is -2.45. The van der Waals surface area contributed by atoms with E-state index in [1.54, 1.807) is 21.0 Å². The van der Waals surface area contributed by atoms with Gasteiger partial charge in [-0.15, -0.1) is 0 Å². The molecule has 0 bridgehead atoms. The quantitative estimate of drug-likeness (QED) is 0.603. The van der Waals surface area contributed by atoms with Gasteiger partial charge in [0, 0.05) is 5.70 Å². The molecule has 0 amide bonds. The van der Waals surface area contributed by atoms with E-state index >= 15 is 0 Å². The molecular weight excluding hydrogens is 328 g/mol. The maximum absolute atomic E-state index is 12.4. The first kappa shape index (κ1) is 18.1. The number of allylic oxidation sites excluding steroid dienone is 1. The number of carbonyl (C=O) groups excluding carboxylic acids is 1. The number of nitrogens with one attached hydrogen (secondary N) is 2. The SMILES string of the molecule is CCOC(=O)C1=C(C)NC(=S)NC1c1ccc(OCC)c(OC)c1. The highest BCUT2D eigenvalue weighted by Gasteiger charge is 2.31. The van der Waals surface area contributed by atoms with Gasteiger partial charge in [0.15, 0.2) is 16.6 Å². The summed E-state index contributed by atoms with van der Waals surface area (Å²) in [5.41, 5.74) is 2.01. The van der Waals surface area contributed by atoms with E-state index in [2.05, 4.69) is 10.6 Å². The minimum Gasteiger partial charge on any atom is -0.493 e. The number of benzene rings is 1. The molecule has 1 aliphatic heterocycles. The van der Waals surface area contributed by atoms with Crippen LogP contribution in [0.5, 0.6) is 11.5 Å². The Morgan fingerprint density at radius 3 is 2.62 bits per heavy atom. The van der Waals surface area contributed by atoms with Crippen LogP contribution in [0.4, 0.5) is 0 Å². The zero-order valence-corrected chi connectivity index (χ0v) is 15.1. The molecule has 0 saturated carbocycles. The lowest BCUT2D eigenvalue weighted by atomic mass is 9.95. The summed E-state index contributed by atoms with van der Waals surface area (Å²) in [7, 11) is 1.58. The second kappa shape index (κ2) is 8.01. The lowest BCUT2D eigenvalue weighted by molar-refractivity contribution is -0.139. The molecule has 1 aliphatic rings. The monoisotopic (exact) mass is 350 g/mol. The van der Waals surface area contributed by atoms with E-state index < -0.39 is 6.04 Å². The summed E-state index contributed by atoms with van der Waals surface area (Å²) < 4.78 is 16.1. The van der Waals surface area contributed by atoms with E-state index in [1.165, 1.54) is 0 Å². The van der Waals surface area contributed by atoms with Gasteiger partial charge in [-0.05, 0) is 50.7 Å². The average Bonchev–Trinajstić information content (AvgIpc) is 2.54. The predicted molar refractivity (Wildman–Crippen MR) is 95.1 cm³/mol. The van der Waals surface area contributed by atoms with Gasteiger partial charge in [-0.25, -0.2) is 4.79 Å². The molecule has 0 aliphatic carbocycles. The summed E-state index contributed by atoms with van der Waals surface area (Å²) >= 11 is 5.23. The Kier molecular flexibility index (Phi) is 6.03. The van der Waals surface area contributed by atoms with Crippen molar-refractivity contribution in [1.82, 2.24) is 10.6 Å². The molecule has 2 rings (SSSR count). The van der Waals surface area contributed by atoms with E-state index in [-0.39, 0.29) is 5.97 Å². The third-order valence-electron chi connectivity index (χ3n) is 3.59. The van der Waals surface area contributed by atoms with Crippen molar-refractivity contribution in [3.8, 4) is 11.5 Å². The van der Waals surface area contributed by atoms with Crippen molar-refractivity contribution in [3.05, 3.63) is 35.0 Å². The highest BCUT2D eigenvalue weighted by molar-refractivity contribution is 7.80. The topological polar surface area (TPSA) is 68.8 Å². The van der Waals surface area contributed by atoms with Crippen LogP contribution in [0.2, 0.25) is 0 Å². The number of hydrogen-bond donors (Lipinski definition) is 2. The highest BCUT2D eigenvalue weighted by atomic mass is 32.1.